The molecular weight excluding hydrogens is 286 g/mol. The highest BCUT2D eigenvalue weighted by Crippen LogP contribution is 2.17. The van der Waals surface area contributed by atoms with Crippen LogP contribution < -0.4 is 5.32 Å². The lowest BCUT2D eigenvalue weighted by atomic mass is 10.1. The Balaban J connectivity index is 1.57. The summed E-state index contributed by atoms with van der Waals surface area (Å²) >= 11 is 0. The highest BCUT2D eigenvalue weighted by Gasteiger charge is 2.05. The third-order valence-electron chi connectivity index (χ3n) is 3.49. The molecule has 1 aromatic heterocycles. The molecule has 0 bridgehead atoms. The van der Waals surface area contributed by atoms with Gasteiger partial charge in [-0.2, -0.15) is 0 Å². The van der Waals surface area contributed by atoms with Crippen molar-refractivity contribution >= 4 is 11.9 Å². The molecule has 3 rings (SSSR count). The summed E-state index contributed by atoms with van der Waals surface area (Å²) in [5, 5.41) is 2.73. The Morgan fingerprint density at radius 2 is 1.43 bits per heavy atom. The van der Waals surface area contributed by atoms with Crippen LogP contribution in [0.3, 0.4) is 0 Å². The first-order valence-corrected chi connectivity index (χ1v) is 7.52. The van der Waals surface area contributed by atoms with E-state index < -0.39 is 0 Å². The average Bonchev–Trinajstić information content (AvgIpc) is 2.62. The molecule has 2 aromatic carbocycles. The Labute approximate surface area is 135 Å². The van der Waals surface area contributed by atoms with E-state index >= 15 is 0 Å². The van der Waals surface area contributed by atoms with Crippen molar-refractivity contribution in [3.05, 3.63) is 78.6 Å². The predicted octanol–water partition coefficient (Wildman–Crippen LogP) is 3.71. The van der Waals surface area contributed by atoms with Gasteiger partial charge in [0.2, 0.25) is 11.9 Å². The molecule has 0 saturated carbocycles. The van der Waals surface area contributed by atoms with Gasteiger partial charge in [0.05, 0.1) is 0 Å². The number of nitrogens with one attached hydrogen (secondary N) is 1. The Morgan fingerprint density at radius 3 is 2.09 bits per heavy atom. The molecule has 114 valence electrons. The zero-order chi connectivity index (χ0) is 15.9. The minimum absolute atomic E-state index is 0.0821. The predicted molar refractivity (Wildman–Crippen MR) is 90.9 cm³/mol. The van der Waals surface area contributed by atoms with Crippen molar-refractivity contribution in [3.8, 4) is 11.1 Å². The Morgan fingerprint density at radius 1 is 0.826 bits per heavy atom. The molecule has 0 fully saturated rings. The van der Waals surface area contributed by atoms with Crippen LogP contribution in [0.5, 0.6) is 0 Å². The maximum atomic E-state index is 11.9. The van der Waals surface area contributed by atoms with Crippen molar-refractivity contribution in [3.63, 3.8) is 0 Å². The Bertz CT molecular complexity index is 756. The lowest BCUT2D eigenvalue weighted by Gasteiger charge is -2.05. The van der Waals surface area contributed by atoms with E-state index in [0.29, 0.717) is 18.8 Å². The monoisotopic (exact) mass is 303 g/mol. The first-order valence-electron chi connectivity index (χ1n) is 7.52. The molecule has 0 aliphatic rings. The maximum Gasteiger partial charge on any atom is 0.229 e. The second-order valence-corrected chi connectivity index (χ2v) is 5.20. The summed E-state index contributed by atoms with van der Waals surface area (Å²) in [5.41, 5.74) is 3.12. The lowest BCUT2D eigenvalue weighted by molar-refractivity contribution is -0.116. The van der Waals surface area contributed by atoms with E-state index in [1.807, 2.05) is 60.7 Å². The van der Waals surface area contributed by atoms with Gasteiger partial charge in [0.1, 0.15) is 0 Å². The second-order valence-electron chi connectivity index (χ2n) is 5.20. The van der Waals surface area contributed by atoms with E-state index in [2.05, 4.69) is 15.3 Å². The summed E-state index contributed by atoms with van der Waals surface area (Å²) in [6.45, 7) is 0. The quantitative estimate of drug-likeness (QED) is 0.781. The molecule has 0 atom stereocenters. The van der Waals surface area contributed by atoms with Crippen molar-refractivity contribution in [2.45, 2.75) is 12.8 Å². The van der Waals surface area contributed by atoms with E-state index in [1.54, 1.807) is 12.4 Å². The maximum absolute atomic E-state index is 11.9. The van der Waals surface area contributed by atoms with Gasteiger partial charge >= 0.3 is 0 Å². The number of hydrogen-bond acceptors (Lipinski definition) is 3. The van der Waals surface area contributed by atoms with Gasteiger partial charge in [0.25, 0.3) is 0 Å². The molecule has 1 N–H and O–H groups in total. The van der Waals surface area contributed by atoms with Gasteiger partial charge in [0, 0.05) is 24.4 Å². The minimum Gasteiger partial charge on any atom is -0.295 e. The highest BCUT2D eigenvalue weighted by molar-refractivity contribution is 5.89. The summed E-state index contributed by atoms with van der Waals surface area (Å²) < 4.78 is 0. The average molecular weight is 303 g/mol. The Kier molecular flexibility index (Phi) is 4.74. The third-order valence-corrected chi connectivity index (χ3v) is 3.49. The molecule has 0 radical (unpaired) electrons. The van der Waals surface area contributed by atoms with Crippen molar-refractivity contribution in [1.82, 2.24) is 9.97 Å². The van der Waals surface area contributed by atoms with Crippen LogP contribution in [-0.4, -0.2) is 15.9 Å². The topological polar surface area (TPSA) is 54.9 Å². The normalized spacial score (nSPS) is 10.3. The lowest BCUT2D eigenvalue weighted by Crippen LogP contribution is -2.14. The standard InChI is InChI=1S/C19H17N3O/c23-18(12-11-15-7-3-1-4-8-15)22-19-20-13-17(14-21-19)16-9-5-2-6-10-16/h1-10,13-14H,11-12H2,(H,20,21,22,23). The van der Waals surface area contributed by atoms with Gasteiger partial charge in [-0.1, -0.05) is 60.7 Å². The van der Waals surface area contributed by atoms with Gasteiger partial charge in [-0.3, -0.25) is 10.1 Å². The molecule has 0 aliphatic heterocycles. The number of rotatable bonds is 5. The molecule has 1 amide bonds. The minimum atomic E-state index is -0.0821. The van der Waals surface area contributed by atoms with E-state index in [1.165, 1.54) is 0 Å². The third kappa shape index (κ3) is 4.23. The van der Waals surface area contributed by atoms with Crippen LogP contribution in [0.4, 0.5) is 5.95 Å². The van der Waals surface area contributed by atoms with Gasteiger partial charge < -0.3 is 0 Å². The molecular formula is C19H17N3O. The van der Waals surface area contributed by atoms with Crippen LogP contribution >= 0.6 is 0 Å². The van der Waals surface area contributed by atoms with Crippen LogP contribution in [0.15, 0.2) is 73.1 Å². The molecule has 1 heterocycles. The van der Waals surface area contributed by atoms with Gasteiger partial charge in [0.15, 0.2) is 0 Å². The molecule has 4 nitrogen and oxygen atoms in total. The number of benzene rings is 2. The number of aromatic nitrogens is 2. The van der Waals surface area contributed by atoms with Crippen molar-refractivity contribution in [1.29, 1.82) is 0 Å². The first-order chi connectivity index (χ1) is 11.3. The Hall–Kier alpha value is -3.01. The van der Waals surface area contributed by atoms with E-state index in [0.717, 1.165) is 16.7 Å². The fraction of sp³-hybridized carbons (Fsp3) is 0.105. The van der Waals surface area contributed by atoms with Crippen molar-refractivity contribution < 1.29 is 4.79 Å². The van der Waals surface area contributed by atoms with Gasteiger partial charge in [-0.05, 0) is 17.5 Å². The number of aryl methyl sites for hydroxylation is 1. The van der Waals surface area contributed by atoms with E-state index in [4.69, 9.17) is 0 Å². The number of hydrogen-bond donors (Lipinski definition) is 1. The van der Waals surface area contributed by atoms with Crippen molar-refractivity contribution in [2.75, 3.05) is 5.32 Å². The van der Waals surface area contributed by atoms with Crippen LogP contribution in [0.2, 0.25) is 0 Å². The number of amides is 1. The zero-order valence-corrected chi connectivity index (χ0v) is 12.6. The number of anilines is 1. The van der Waals surface area contributed by atoms with Gasteiger partial charge in [-0.25, -0.2) is 9.97 Å². The first kappa shape index (κ1) is 14.9. The van der Waals surface area contributed by atoms with Crippen LogP contribution in [0.25, 0.3) is 11.1 Å². The molecule has 0 spiro atoms. The SMILES string of the molecule is O=C(CCc1ccccc1)Nc1ncc(-c2ccccc2)cn1. The van der Waals surface area contributed by atoms with Crippen LogP contribution in [0, 0.1) is 0 Å². The summed E-state index contributed by atoms with van der Waals surface area (Å²) in [7, 11) is 0. The molecule has 3 aromatic rings. The van der Waals surface area contributed by atoms with Crippen LogP contribution in [-0.2, 0) is 11.2 Å². The molecule has 23 heavy (non-hydrogen) atoms. The fourth-order valence-electron chi connectivity index (χ4n) is 2.26. The van der Waals surface area contributed by atoms with E-state index in [-0.39, 0.29) is 5.91 Å². The van der Waals surface area contributed by atoms with Gasteiger partial charge in [-0.15, -0.1) is 0 Å². The fourth-order valence-corrected chi connectivity index (χ4v) is 2.26. The molecule has 4 heteroatoms. The number of carbonyl (C=O) groups is 1. The number of carbonyl (C=O) groups excluding carboxylic acids is 1. The summed E-state index contributed by atoms with van der Waals surface area (Å²) in [5.74, 6) is 0.254. The van der Waals surface area contributed by atoms with Crippen LogP contribution in [0.1, 0.15) is 12.0 Å². The summed E-state index contributed by atoms with van der Waals surface area (Å²) in [6.07, 6.45) is 4.55. The van der Waals surface area contributed by atoms with Crippen molar-refractivity contribution in [2.24, 2.45) is 0 Å². The summed E-state index contributed by atoms with van der Waals surface area (Å²) in [4.78, 5) is 20.4. The summed E-state index contributed by atoms with van der Waals surface area (Å²) in [6, 6.07) is 19.8. The molecule has 0 aliphatic carbocycles. The molecule has 0 unspecified atom stereocenters. The molecule has 0 saturated heterocycles. The van der Waals surface area contributed by atoms with E-state index in [9.17, 15) is 4.79 Å². The zero-order valence-electron chi connectivity index (χ0n) is 12.6. The highest BCUT2D eigenvalue weighted by atomic mass is 16.1. The largest absolute Gasteiger partial charge is 0.295 e. The smallest absolute Gasteiger partial charge is 0.229 e. The second kappa shape index (κ2) is 7.31. The number of nitrogens with zero attached hydrogens (tertiary/aromatic N) is 2.